The van der Waals surface area contributed by atoms with Gasteiger partial charge in [0.05, 0.1) is 0 Å². The minimum Gasteiger partial charge on any atom is -0.396 e. The van der Waals surface area contributed by atoms with Crippen LogP contribution in [0.2, 0.25) is 0 Å². The molecule has 0 bridgehead atoms. The molecule has 0 heterocycles. The smallest absolute Gasteiger partial charge is 0.0436 e. The second-order valence-electron chi connectivity index (χ2n) is 15.1. The highest BCUT2D eigenvalue weighted by Gasteiger charge is 2.59. The van der Waals surface area contributed by atoms with E-state index < -0.39 is 16.2 Å². The molecule has 276 valence electrons. The van der Waals surface area contributed by atoms with Gasteiger partial charge in [0, 0.05) is 39.6 Å². The normalized spacial score (nSPS) is 22.8. The van der Waals surface area contributed by atoms with E-state index in [0.29, 0.717) is 38.5 Å². The lowest BCUT2D eigenvalue weighted by Gasteiger charge is -2.62. The van der Waals surface area contributed by atoms with Crippen molar-refractivity contribution in [1.29, 1.82) is 0 Å². The van der Waals surface area contributed by atoms with Gasteiger partial charge in [-0.25, -0.2) is 0 Å². The Bertz CT molecular complexity index is 590. The monoisotopic (exact) mass is 657 g/mol. The lowest BCUT2D eigenvalue weighted by atomic mass is 9.42. The Morgan fingerprint density at radius 1 is 0.239 bits per heavy atom. The highest BCUT2D eigenvalue weighted by atomic mass is 16.3. The third kappa shape index (κ3) is 15.5. The van der Waals surface area contributed by atoms with Crippen LogP contribution in [0.25, 0.3) is 0 Å². The fraction of sp³-hybridized carbons (Fsp3) is 1.00. The van der Waals surface area contributed by atoms with Gasteiger partial charge in [0.15, 0.2) is 0 Å². The largest absolute Gasteiger partial charge is 0.396 e. The zero-order valence-corrected chi connectivity index (χ0v) is 30.3. The number of hydrogen-bond acceptors (Lipinski definition) is 6. The Morgan fingerprint density at radius 2 is 0.413 bits per heavy atom. The zero-order valence-electron chi connectivity index (χ0n) is 30.3. The summed E-state index contributed by atoms with van der Waals surface area (Å²) in [7, 11) is 0. The van der Waals surface area contributed by atoms with Gasteiger partial charge in [-0.15, -0.1) is 0 Å². The second kappa shape index (κ2) is 28.6. The summed E-state index contributed by atoms with van der Waals surface area (Å²) < 4.78 is 0. The van der Waals surface area contributed by atoms with E-state index in [-0.39, 0.29) is 39.6 Å². The van der Waals surface area contributed by atoms with Crippen LogP contribution in [-0.4, -0.2) is 70.3 Å². The molecule has 6 heteroatoms. The molecule has 1 rings (SSSR count). The number of rotatable bonds is 12. The minimum atomic E-state index is -0.622. The van der Waals surface area contributed by atoms with E-state index >= 15 is 0 Å². The number of hydrogen-bond donors (Lipinski definition) is 6. The third-order valence-electron chi connectivity index (χ3n) is 12.3. The van der Waals surface area contributed by atoms with Gasteiger partial charge in [-0.2, -0.15) is 0 Å². The van der Waals surface area contributed by atoms with Gasteiger partial charge >= 0.3 is 0 Å². The molecule has 0 atom stereocenters. The van der Waals surface area contributed by atoms with Gasteiger partial charge in [-0.05, 0) is 67.6 Å². The average molecular weight is 657 g/mol. The number of aliphatic hydroxyl groups excluding tert-OH is 6. The van der Waals surface area contributed by atoms with Crippen LogP contribution in [-0.2, 0) is 0 Å². The van der Waals surface area contributed by atoms with E-state index in [0.717, 1.165) is 38.5 Å². The van der Waals surface area contributed by atoms with E-state index in [1.807, 2.05) is 0 Å². The van der Waals surface area contributed by atoms with Crippen LogP contribution < -0.4 is 0 Å². The molecular weight excluding hydrogens is 576 g/mol. The zero-order chi connectivity index (χ0) is 33.7. The first-order valence-electron chi connectivity index (χ1n) is 20.2. The SMILES string of the molecule is OCCC1(CCO)CCCCCCCCCCCCCCCCCCCCCCCCCC(CCO)(CCO)C1(CCO)CCO. The summed E-state index contributed by atoms with van der Waals surface area (Å²) in [5.41, 5.74) is -1.63. The summed E-state index contributed by atoms with van der Waals surface area (Å²) in [6.07, 6.45) is 33.9. The highest BCUT2D eigenvalue weighted by molar-refractivity contribution is 5.08. The van der Waals surface area contributed by atoms with Crippen molar-refractivity contribution >= 4 is 0 Å². The molecule has 1 saturated carbocycles. The van der Waals surface area contributed by atoms with Gasteiger partial charge in [-0.1, -0.05) is 148 Å². The van der Waals surface area contributed by atoms with Crippen molar-refractivity contribution in [2.24, 2.45) is 16.2 Å². The molecule has 0 spiro atoms. The first kappa shape index (κ1) is 43.8. The van der Waals surface area contributed by atoms with E-state index in [4.69, 9.17) is 0 Å². The molecule has 1 fully saturated rings. The summed E-state index contributed by atoms with van der Waals surface area (Å²) in [4.78, 5) is 0. The molecule has 0 aromatic carbocycles. The number of aliphatic hydroxyl groups is 6. The van der Waals surface area contributed by atoms with Crippen molar-refractivity contribution in [3.05, 3.63) is 0 Å². The maximum atomic E-state index is 10.6. The van der Waals surface area contributed by atoms with E-state index in [9.17, 15) is 30.6 Å². The fourth-order valence-electron chi connectivity index (χ4n) is 9.81. The Hall–Kier alpha value is -0.240. The molecule has 0 aromatic rings. The Kier molecular flexibility index (Phi) is 27.2. The van der Waals surface area contributed by atoms with Gasteiger partial charge in [0.25, 0.3) is 0 Å². The third-order valence-corrected chi connectivity index (χ3v) is 12.3. The van der Waals surface area contributed by atoms with Crippen molar-refractivity contribution in [1.82, 2.24) is 0 Å². The maximum absolute atomic E-state index is 10.6. The van der Waals surface area contributed by atoms with Crippen molar-refractivity contribution in [3.8, 4) is 0 Å². The van der Waals surface area contributed by atoms with Crippen LogP contribution in [0.5, 0.6) is 0 Å². The Labute approximate surface area is 285 Å². The molecule has 0 aromatic heterocycles. The summed E-state index contributed by atoms with van der Waals surface area (Å²) in [6, 6.07) is 0. The van der Waals surface area contributed by atoms with Crippen LogP contribution in [0.3, 0.4) is 0 Å². The summed E-state index contributed by atoms with van der Waals surface area (Å²) >= 11 is 0. The molecule has 0 radical (unpaired) electrons. The molecular formula is C40H80O6. The predicted octanol–water partition coefficient (Wildman–Crippen LogP) is 9.01. The molecule has 46 heavy (non-hydrogen) atoms. The Balaban J connectivity index is 3.23. The molecule has 0 amide bonds. The van der Waals surface area contributed by atoms with Gasteiger partial charge in [0.2, 0.25) is 0 Å². The minimum absolute atomic E-state index is 0.0209. The summed E-state index contributed by atoms with van der Waals surface area (Å²) in [6.45, 7) is -0.200. The predicted molar refractivity (Wildman–Crippen MR) is 193 cm³/mol. The van der Waals surface area contributed by atoms with E-state index in [2.05, 4.69) is 0 Å². The van der Waals surface area contributed by atoms with E-state index in [1.165, 1.54) is 122 Å². The van der Waals surface area contributed by atoms with Crippen molar-refractivity contribution < 1.29 is 30.6 Å². The fourth-order valence-corrected chi connectivity index (χ4v) is 9.81. The second-order valence-corrected chi connectivity index (χ2v) is 15.1. The molecule has 0 aliphatic heterocycles. The first-order chi connectivity index (χ1) is 22.6. The average Bonchev–Trinajstić information content (AvgIpc) is 3.04. The van der Waals surface area contributed by atoms with E-state index in [1.54, 1.807) is 0 Å². The van der Waals surface area contributed by atoms with Crippen LogP contribution in [0.15, 0.2) is 0 Å². The lowest BCUT2D eigenvalue weighted by molar-refractivity contribution is -0.159. The van der Waals surface area contributed by atoms with Crippen molar-refractivity contribution in [2.45, 2.75) is 199 Å². The maximum Gasteiger partial charge on any atom is 0.0436 e. The van der Waals surface area contributed by atoms with Gasteiger partial charge in [0.1, 0.15) is 0 Å². The standard InChI is InChI=1S/C40H80O6/c41-32-26-38(27-33-42)24-22-20-18-16-14-12-10-8-6-4-2-1-3-5-7-9-11-13-15-17-19-21-23-25-39(28-34-43,29-35-44)40(38,30-36-45)31-37-46/h41-46H,1-37H2. The summed E-state index contributed by atoms with van der Waals surface area (Å²) in [5.74, 6) is 0. The van der Waals surface area contributed by atoms with Crippen LogP contribution in [0.4, 0.5) is 0 Å². The molecule has 1 aliphatic rings. The molecule has 0 unspecified atom stereocenters. The quantitative estimate of drug-likeness (QED) is 0.125. The van der Waals surface area contributed by atoms with Crippen molar-refractivity contribution in [3.63, 3.8) is 0 Å². The van der Waals surface area contributed by atoms with Gasteiger partial charge in [-0.3, -0.25) is 0 Å². The first-order valence-corrected chi connectivity index (χ1v) is 20.2. The lowest BCUT2D eigenvalue weighted by Crippen LogP contribution is -2.56. The van der Waals surface area contributed by atoms with Crippen LogP contribution in [0.1, 0.15) is 199 Å². The molecule has 6 nitrogen and oxygen atoms in total. The topological polar surface area (TPSA) is 121 Å². The van der Waals surface area contributed by atoms with Crippen LogP contribution in [0, 0.1) is 16.2 Å². The Morgan fingerprint density at radius 3 is 0.587 bits per heavy atom. The summed E-state index contributed by atoms with van der Waals surface area (Å²) in [5, 5.41) is 63.2. The molecule has 6 N–H and O–H groups in total. The molecule has 1 aliphatic carbocycles. The van der Waals surface area contributed by atoms with Crippen molar-refractivity contribution in [2.75, 3.05) is 39.6 Å². The van der Waals surface area contributed by atoms with Crippen LogP contribution >= 0.6 is 0 Å². The highest BCUT2D eigenvalue weighted by Crippen LogP contribution is 2.65. The van der Waals surface area contributed by atoms with Gasteiger partial charge < -0.3 is 30.6 Å². The molecule has 0 saturated heterocycles.